The molecule has 3 nitrogen and oxygen atoms in total. The molecule has 0 saturated heterocycles. The van der Waals surface area contributed by atoms with Gasteiger partial charge in [0.2, 0.25) is 0 Å². The zero-order valence-electron chi connectivity index (χ0n) is 19.9. The van der Waals surface area contributed by atoms with Crippen molar-refractivity contribution in [2.45, 2.75) is 45.7 Å². The smallest absolute Gasteiger partial charge is 0.172 e. The summed E-state index contributed by atoms with van der Waals surface area (Å²) in [5, 5.41) is 2.66. The Kier molecular flexibility index (Phi) is 5.12. The Balaban J connectivity index is 1.50. The number of hydrogen-bond acceptors (Lipinski definition) is 2. The zero-order chi connectivity index (χ0) is 22.5. The van der Waals surface area contributed by atoms with Gasteiger partial charge in [0, 0.05) is 37.2 Å². The summed E-state index contributed by atoms with van der Waals surface area (Å²) in [5.74, 6) is 0. The Bertz CT molecular complexity index is 1180. The van der Waals surface area contributed by atoms with Crippen LogP contribution in [0.1, 0.15) is 39.7 Å². The highest BCUT2D eigenvalue weighted by Gasteiger charge is 2.40. The molecule has 2 heterocycles. The minimum Gasteiger partial charge on any atom is -0.341 e. The van der Waals surface area contributed by atoms with E-state index in [0.29, 0.717) is 6.17 Å². The van der Waals surface area contributed by atoms with Crippen LogP contribution in [0.4, 0.5) is 17.1 Å². The van der Waals surface area contributed by atoms with E-state index in [0.717, 1.165) is 19.5 Å². The van der Waals surface area contributed by atoms with Gasteiger partial charge in [0.15, 0.2) is 11.9 Å². The standard InChI is InChI=1S/C29H33N3/c1-6-31-25-19-21-13-8-9-14-22(21)20-26(25)32(7-2)28(31)18-12-17-27-29(3,4)23-15-10-11-16-24(23)30(27)5/h8-16,19-20,28H,6-7,18H2,1-5H3/p+1. The molecule has 0 aliphatic carbocycles. The van der Waals surface area contributed by atoms with Crippen LogP contribution in [0, 0.1) is 0 Å². The largest absolute Gasteiger partial charge is 0.341 e. The third-order valence-electron chi connectivity index (χ3n) is 7.47. The first-order valence-electron chi connectivity index (χ1n) is 11.9. The predicted octanol–water partition coefficient (Wildman–Crippen LogP) is 5.40. The second-order valence-corrected chi connectivity index (χ2v) is 9.53. The van der Waals surface area contributed by atoms with Crippen molar-refractivity contribution in [2.24, 2.45) is 0 Å². The fourth-order valence-electron chi connectivity index (χ4n) is 5.85. The molecule has 0 radical (unpaired) electrons. The Hall–Kier alpha value is -3.00. The van der Waals surface area contributed by atoms with Crippen LogP contribution in [0.15, 0.2) is 78.2 Å². The topological polar surface area (TPSA) is 10.9 Å². The van der Waals surface area contributed by atoms with E-state index in [1.807, 2.05) is 0 Å². The number of para-hydroxylation sites is 1. The normalized spacial score (nSPS) is 21.0. The maximum Gasteiger partial charge on any atom is 0.172 e. The summed E-state index contributed by atoms with van der Waals surface area (Å²) in [4.78, 5) is 6.45. The first-order chi connectivity index (χ1) is 15.5. The molecular formula is C29H34N3+. The van der Waals surface area contributed by atoms with Crippen molar-refractivity contribution < 1.29 is 4.90 Å². The van der Waals surface area contributed by atoms with Crippen LogP contribution >= 0.6 is 0 Å². The summed E-state index contributed by atoms with van der Waals surface area (Å²) < 4.78 is 0. The lowest BCUT2D eigenvalue weighted by Gasteiger charge is -2.26. The van der Waals surface area contributed by atoms with Crippen LogP contribution in [-0.2, 0) is 5.41 Å². The van der Waals surface area contributed by atoms with E-state index >= 15 is 0 Å². The molecule has 2 atom stereocenters. The summed E-state index contributed by atoms with van der Waals surface area (Å²) >= 11 is 0. The maximum atomic E-state index is 3.72. The SMILES string of the molecule is CCN1c2cc3ccccc3cc2[NH+](CC)C1CC=C=C1N(C)c2ccccc2C1(C)C. The first-order valence-corrected chi connectivity index (χ1v) is 11.9. The Morgan fingerprint density at radius 3 is 2.34 bits per heavy atom. The van der Waals surface area contributed by atoms with Crippen LogP contribution in [0.25, 0.3) is 10.8 Å². The van der Waals surface area contributed by atoms with Crippen LogP contribution in [0.5, 0.6) is 0 Å². The lowest BCUT2D eigenvalue weighted by molar-refractivity contribution is -0.851. The van der Waals surface area contributed by atoms with Gasteiger partial charge in [-0.1, -0.05) is 42.5 Å². The molecule has 0 amide bonds. The molecule has 0 spiro atoms. The molecule has 1 N–H and O–H groups in total. The van der Waals surface area contributed by atoms with Crippen molar-refractivity contribution in [3.05, 3.63) is 83.7 Å². The number of hydrogen-bond donors (Lipinski definition) is 1. The molecule has 3 heteroatoms. The predicted molar refractivity (Wildman–Crippen MR) is 136 cm³/mol. The maximum absolute atomic E-state index is 3.72. The van der Waals surface area contributed by atoms with Gasteiger partial charge in [-0.15, -0.1) is 5.73 Å². The summed E-state index contributed by atoms with van der Waals surface area (Å²) in [7, 11) is 2.17. The summed E-state index contributed by atoms with van der Waals surface area (Å²) in [5.41, 5.74) is 10.4. The van der Waals surface area contributed by atoms with Gasteiger partial charge >= 0.3 is 0 Å². The number of nitrogens with one attached hydrogen (secondary N) is 1. The van der Waals surface area contributed by atoms with Gasteiger partial charge in [0.25, 0.3) is 0 Å². The third kappa shape index (κ3) is 3.08. The van der Waals surface area contributed by atoms with E-state index in [-0.39, 0.29) is 5.41 Å². The Labute approximate surface area is 192 Å². The van der Waals surface area contributed by atoms with E-state index in [4.69, 9.17) is 0 Å². The third-order valence-corrected chi connectivity index (χ3v) is 7.47. The summed E-state index contributed by atoms with van der Waals surface area (Å²) in [6, 6.07) is 22.2. The average molecular weight is 425 g/mol. The Morgan fingerprint density at radius 1 is 0.969 bits per heavy atom. The first kappa shape index (κ1) is 20.9. The molecule has 0 bridgehead atoms. The van der Waals surface area contributed by atoms with Gasteiger partial charge in [-0.2, -0.15) is 0 Å². The summed E-state index contributed by atoms with van der Waals surface area (Å²) in [6.45, 7) is 11.3. The fourth-order valence-corrected chi connectivity index (χ4v) is 5.85. The molecule has 2 aliphatic rings. The number of nitrogens with zero attached hydrogens (tertiary/aromatic N) is 2. The Morgan fingerprint density at radius 2 is 1.66 bits per heavy atom. The lowest BCUT2D eigenvalue weighted by Crippen LogP contribution is -3.11. The number of fused-ring (bicyclic) bond motifs is 3. The van der Waals surface area contributed by atoms with Crippen molar-refractivity contribution in [3.63, 3.8) is 0 Å². The molecule has 0 fully saturated rings. The van der Waals surface area contributed by atoms with Gasteiger partial charge < -0.3 is 9.80 Å². The van der Waals surface area contributed by atoms with Gasteiger partial charge in [0.05, 0.1) is 12.2 Å². The van der Waals surface area contributed by atoms with Crippen molar-refractivity contribution in [2.75, 3.05) is 29.9 Å². The molecule has 3 aromatic rings. The number of quaternary nitrogens is 1. The second kappa shape index (κ2) is 7.85. The number of anilines is 2. The van der Waals surface area contributed by atoms with Crippen molar-refractivity contribution in [1.29, 1.82) is 0 Å². The van der Waals surface area contributed by atoms with Crippen LogP contribution in [-0.4, -0.2) is 26.3 Å². The van der Waals surface area contributed by atoms with Gasteiger partial charge in [-0.25, -0.2) is 0 Å². The number of likely N-dealkylation sites (N-methyl/N-ethyl adjacent to an activating group) is 1. The van der Waals surface area contributed by atoms with E-state index in [1.54, 1.807) is 4.90 Å². The molecule has 164 valence electrons. The zero-order valence-corrected chi connectivity index (χ0v) is 19.9. The van der Waals surface area contributed by atoms with Crippen LogP contribution in [0.3, 0.4) is 0 Å². The van der Waals surface area contributed by atoms with E-state index in [1.165, 1.54) is 39.1 Å². The molecule has 32 heavy (non-hydrogen) atoms. The minimum absolute atomic E-state index is 0.0278. The van der Waals surface area contributed by atoms with Crippen molar-refractivity contribution in [3.8, 4) is 0 Å². The van der Waals surface area contributed by atoms with Gasteiger partial charge in [0.1, 0.15) is 5.69 Å². The van der Waals surface area contributed by atoms with Gasteiger partial charge in [-0.3, -0.25) is 4.90 Å². The average Bonchev–Trinajstić information content (AvgIpc) is 3.20. The van der Waals surface area contributed by atoms with E-state index in [9.17, 15) is 0 Å². The molecule has 2 aliphatic heterocycles. The van der Waals surface area contributed by atoms with E-state index in [2.05, 4.69) is 117 Å². The molecule has 3 aromatic carbocycles. The highest BCUT2D eigenvalue weighted by Crippen LogP contribution is 2.46. The highest BCUT2D eigenvalue weighted by atomic mass is 15.4. The lowest BCUT2D eigenvalue weighted by atomic mass is 9.84. The molecule has 5 rings (SSSR count). The van der Waals surface area contributed by atoms with Gasteiger partial charge in [-0.05, 0) is 62.2 Å². The number of benzene rings is 3. The van der Waals surface area contributed by atoms with Crippen LogP contribution < -0.4 is 14.7 Å². The molecule has 2 unspecified atom stereocenters. The minimum atomic E-state index is -0.0278. The fraction of sp³-hybridized carbons (Fsp3) is 0.345. The number of rotatable bonds is 4. The highest BCUT2D eigenvalue weighted by molar-refractivity contribution is 5.91. The monoisotopic (exact) mass is 424 g/mol. The van der Waals surface area contributed by atoms with E-state index < -0.39 is 0 Å². The molecule has 0 saturated carbocycles. The van der Waals surface area contributed by atoms with Crippen molar-refractivity contribution >= 4 is 27.8 Å². The van der Waals surface area contributed by atoms with Crippen molar-refractivity contribution in [1.82, 2.24) is 0 Å². The molecule has 0 aromatic heterocycles. The van der Waals surface area contributed by atoms with Crippen LogP contribution in [0.2, 0.25) is 0 Å². The molecular weight excluding hydrogens is 390 g/mol. The quantitative estimate of drug-likeness (QED) is 0.563. The second-order valence-electron chi connectivity index (χ2n) is 9.53. The summed E-state index contributed by atoms with van der Waals surface area (Å²) in [6.07, 6.45) is 3.67.